The Kier molecular flexibility index (Phi) is 5.82. The highest BCUT2D eigenvalue weighted by Crippen LogP contribution is 2.37. The van der Waals surface area contributed by atoms with Gasteiger partial charge in [0.2, 0.25) is 0 Å². The predicted molar refractivity (Wildman–Crippen MR) is 131 cm³/mol. The van der Waals surface area contributed by atoms with E-state index in [0.29, 0.717) is 22.8 Å². The summed E-state index contributed by atoms with van der Waals surface area (Å²) in [6.45, 7) is 0.397. The molecule has 1 N–H and O–H groups in total. The third kappa shape index (κ3) is 4.04. The van der Waals surface area contributed by atoms with E-state index in [2.05, 4.69) is 16.0 Å². The Labute approximate surface area is 202 Å². The summed E-state index contributed by atoms with van der Waals surface area (Å²) in [5.41, 5.74) is 4.83. The number of ether oxygens (including phenoxy) is 1. The van der Waals surface area contributed by atoms with E-state index < -0.39 is 5.97 Å². The van der Waals surface area contributed by atoms with Crippen molar-refractivity contribution in [2.75, 3.05) is 12.4 Å². The summed E-state index contributed by atoms with van der Waals surface area (Å²) in [6, 6.07) is 25.7. The van der Waals surface area contributed by atoms with Crippen LogP contribution in [-0.4, -0.2) is 28.6 Å². The van der Waals surface area contributed by atoms with Gasteiger partial charge in [-0.3, -0.25) is 0 Å². The van der Waals surface area contributed by atoms with E-state index in [1.54, 1.807) is 29.2 Å². The van der Waals surface area contributed by atoms with Crippen molar-refractivity contribution in [1.29, 1.82) is 0 Å². The number of benzene rings is 3. The van der Waals surface area contributed by atoms with Gasteiger partial charge < -0.3 is 19.5 Å². The van der Waals surface area contributed by atoms with Gasteiger partial charge in [0.25, 0.3) is 0 Å². The van der Waals surface area contributed by atoms with Gasteiger partial charge in [0.05, 0.1) is 30.9 Å². The summed E-state index contributed by atoms with van der Waals surface area (Å²) in [4.78, 5) is 27.5. The second-order valence-electron chi connectivity index (χ2n) is 8.02. The molecular formula is C27H22ClN3O3. The molecule has 0 spiro atoms. The first-order valence-corrected chi connectivity index (χ1v) is 11.2. The standard InChI is InChI=1S/C27H22ClN3O3/c1-34-26(32)19-7-4-8-22(16-19)29-27(33)31-17-20-6-2-3-9-23(20)30-15-5-10-24(30)25(31)18-11-13-21(28)14-12-18/h2-16,25H,17H2,1H3,(H,29,33)/t25-/m0/s1. The van der Waals surface area contributed by atoms with Gasteiger partial charge in [0, 0.05) is 22.6 Å². The number of aromatic nitrogens is 1. The van der Waals surface area contributed by atoms with Gasteiger partial charge >= 0.3 is 12.0 Å². The molecule has 2 heterocycles. The number of rotatable bonds is 3. The first-order chi connectivity index (χ1) is 16.5. The summed E-state index contributed by atoms with van der Waals surface area (Å²) in [5.74, 6) is -0.461. The molecule has 4 aromatic rings. The van der Waals surface area contributed by atoms with Gasteiger partial charge in [-0.15, -0.1) is 0 Å². The zero-order valence-electron chi connectivity index (χ0n) is 18.4. The Morgan fingerprint density at radius 3 is 2.56 bits per heavy atom. The van der Waals surface area contributed by atoms with Crippen molar-refractivity contribution in [1.82, 2.24) is 9.47 Å². The SMILES string of the molecule is COC(=O)c1cccc(NC(=O)N2Cc3ccccc3-n3cccc3[C@@H]2c2ccc(Cl)cc2)c1. The van der Waals surface area contributed by atoms with Crippen LogP contribution in [0, 0.1) is 0 Å². The molecule has 1 aliphatic heterocycles. The molecule has 0 bridgehead atoms. The minimum absolute atomic E-state index is 0.286. The molecule has 0 saturated heterocycles. The Morgan fingerprint density at radius 2 is 1.76 bits per heavy atom. The van der Waals surface area contributed by atoms with Crippen molar-refractivity contribution in [2.45, 2.75) is 12.6 Å². The average Bonchev–Trinajstić information content (AvgIpc) is 3.29. The van der Waals surface area contributed by atoms with Crippen LogP contribution >= 0.6 is 11.6 Å². The van der Waals surface area contributed by atoms with Crippen LogP contribution in [0.3, 0.4) is 0 Å². The van der Waals surface area contributed by atoms with Crippen LogP contribution in [0.5, 0.6) is 0 Å². The lowest BCUT2D eigenvalue weighted by Crippen LogP contribution is -2.38. The maximum Gasteiger partial charge on any atom is 0.337 e. The zero-order chi connectivity index (χ0) is 23.7. The van der Waals surface area contributed by atoms with Crippen molar-refractivity contribution in [3.05, 3.63) is 119 Å². The number of hydrogen-bond donors (Lipinski definition) is 1. The molecule has 170 valence electrons. The molecular weight excluding hydrogens is 450 g/mol. The molecule has 0 fully saturated rings. The van der Waals surface area contributed by atoms with E-state index in [9.17, 15) is 9.59 Å². The molecule has 3 aromatic carbocycles. The normalized spacial score (nSPS) is 14.5. The Hall–Kier alpha value is -4.03. The third-order valence-corrected chi connectivity index (χ3v) is 6.20. The van der Waals surface area contributed by atoms with Crippen molar-refractivity contribution in [3.63, 3.8) is 0 Å². The molecule has 1 aromatic heterocycles. The molecule has 7 heteroatoms. The fourth-order valence-corrected chi connectivity index (χ4v) is 4.50. The second kappa shape index (κ2) is 9.08. The fourth-order valence-electron chi connectivity index (χ4n) is 4.37. The quantitative estimate of drug-likeness (QED) is 0.370. The lowest BCUT2D eigenvalue weighted by atomic mass is 10.0. The molecule has 6 nitrogen and oxygen atoms in total. The Balaban J connectivity index is 1.58. The number of anilines is 1. The molecule has 1 atom stereocenters. The van der Waals surface area contributed by atoms with Gasteiger partial charge in [0.1, 0.15) is 0 Å². The van der Waals surface area contributed by atoms with Gasteiger partial charge in [0.15, 0.2) is 0 Å². The van der Waals surface area contributed by atoms with E-state index in [0.717, 1.165) is 22.5 Å². The smallest absolute Gasteiger partial charge is 0.337 e. The first-order valence-electron chi connectivity index (χ1n) is 10.8. The van der Waals surface area contributed by atoms with Gasteiger partial charge in [-0.1, -0.05) is 48.0 Å². The number of nitrogens with one attached hydrogen (secondary N) is 1. The summed E-state index contributed by atoms with van der Waals surface area (Å²) in [6.07, 6.45) is 2.01. The van der Waals surface area contributed by atoms with Gasteiger partial charge in [-0.05, 0) is 59.7 Å². The zero-order valence-corrected chi connectivity index (χ0v) is 19.2. The van der Waals surface area contributed by atoms with E-state index in [1.165, 1.54) is 7.11 Å². The number of nitrogens with zero attached hydrogens (tertiary/aromatic N) is 2. The number of amides is 2. The van der Waals surface area contributed by atoms with Crippen LogP contribution in [-0.2, 0) is 11.3 Å². The van der Waals surface area contributed by atoms with E-state index in [-0.39, 0.29) is 12.1 Å². The summed E-state index contributed by atoms with van der Waals surface area (Å²) in [7, 11) is 1.33. The molecule has 0 saturated carbocycles. The number of esters is 1. The molecule has 0 unspecified atom stereocenters. The highest BCUT2D eigenvalue weighted by Gasteiger charge is 2.33. The molecule has 5 rings (SSSR count). The highest BCUT2D eigenvalue weighted by molar-refractivity contribution is 6.30. The van der Waals surface area contributed by atoms with Crippen molar-refractivity contribution in [3.8, 4) is 5.69 Å². The van der Waals surface area contributed by atoms with Crippen molar-refractivity contribution < 1.29 is 14.3 Å². The van der Waals surface area contributed by atoms with Crippen LogP contribution < -0.4 is 5.32 Å². The molecule has 2 amide bonds. The Bertz CT molecular complexity index is 1360. The summed E-state index contributed by atoms with van der Waals surface area (Å²) in [5, 5.41) is 3.60. The number of carbonyl (C=O) groups excluding carboxylic acids is 2. The second-order valence-corrected chi connectivity index (χ2v) is 8.45. The van der Waals surface area contributed by atoms with E-state index in [1.807, 2.05) is 60.8 Å². The maximum atomic E-state index is 13.7. The molecule has 0 aliphatic carbocycles. The minimum atomic E-state index is -0.461. The topological polar surface area (TPSA) is 63.6 Å². The number of halogens is 1. The number of carbonyl (C=O) groups is 2. The van der Waals surface area contributed by atoms with Crippen molar-refractivity contribution >= 4 is 29.3 Å². The monoisotopic (exact) mass is 471 g/mol. The van der Waals surface area contributed by atoms with Gasteiger partial charge in [-0.2, -0.15) is 0 Å². The maximum absolute atomic E-state index is 13.7. The summed E-state index contributed by atoms with van der Waals surface area (Å²) >= 11 is 6.16. The lowest BCUT2D eigenvalue weighted by Gasteiger charge is -2.31. The van der Waals surface area contributed by atoms with Crippen LogP contribution in [0.4, 0.5) is 10.5 Å². The fraction of sp³-hybridized carbons (Fsp3) is 0.111. The number of hydrogen-bond acceptors (Lipinski definition) is 3. The number of methoxy groups -OCH3 is 1. The first kappa shape index (κ1) is 21.8. The molecule has 1 aliphatic rings. The number of fused-ring (bicyclic) bond motifs is 3. The van der Waals surface area contributed by atoms with Crippen LogP contribution in [0.2, 0.25) is 5.02 Å². The predicted octanol–water partition coefficient (Wildman–Crippen LogP) is 6.05. The van der Waals surface area contributed by atoms with Crippen molar-refractivity contribution in [2.24, 2.45) is 0 Å². The van der Waals surface area contributed by atoms with E-state index in [4.69, 9.17) is 16.3 Å². The number of para-hydroxylation sites is 1. The number of urea groups is 1. The Morgan fingerprint density at radius 1 is 0.971 bits per heavy atom. The summed E-state index contributed by atoms with van der Waals surface area (Å²) < 4.78 is 6.93. The largest absolute Gasteiger partial charge is 0.465 e. The average molecular weight is 472 g/mol. The van der Waals surface area contributed by atoms with Crippen LogP contribution in [0.25, 0.3) is 5.69 Å². The lowest BCUT2D eigenvalue weighted by molar-refractivity contribution is 0.0600. The highest BCUT2D eigenvalue weighted by atomic mass is 35.5. The van der Waals surface area contributed by atoms with Crippen LogP contribution in [0.15, 0.2) is 91.1 Å². The molecule has 0 radical (unpaired) electrons. The van der Waals surface area contributed by atoms with Crippen LogP contribution in [0.1, 0.15) is 33.2 Å². The third-order valence-electron chi connectivity index (χ3n) is 5.95. The molecule has 34 heavy (non-hydrogen) atoms. The minimum Gasteiger partial charge on any atom is -0.465 e. The van der Waals surface area contributed by atoms with E-state index >= 15 is 0 Å². The van der Waals surface area contributed by atoms with Gasteiger partial charge in [-0.25, -0.2) is 9.59 Å².